The largest absolute Gasteiger partial charge is 0.339 e. The maximum atomic E-state index is 13.7. The van der Waals surface area contributed by atoms with Gasteiger partial charge in [0.1, 0.15) is 11.6 Å². The number of nitrogens with zero attached hydrogens (tertiary/aromatic N) is 2. The van der Waals surface area contributed by atoms with E-state index in [-0.39, 0.29) is 29.6 Å². The molecule has 0 aliphatic heterocycles. The molecule has 1 aromatic carbocycles. The van der Waals surface area contributed by atoms with Crippen molar-refractivity contribution in [2.75, 3.05) is 0 Å². The summed E-state index contributed by atoms with van der Waals surface area (Å²) >= 11 is 5.71. The average molecular weight is 295 g/mol. The van der Waals surface area contributed by atoms with Gasteiger partial charge < -0.3 is 4.52 Å². The second-order valence-corrected chi connectivity index (χ2v) is 5.32. The third kappa shape index (κ3) is 2.88. The van der Waals surface area contributed by atoms with Crippen LogP contribution in [0, 0.1) is 11.7 Å². The van der Waals surface area contributed by atoms with Gasteiger partial charge in [0, 0.05) is 12.3 Å². The molecule has 104 valence electrons. The van der Waals surface area contributed by atoms with E-state index < -0.39 is 5.82 Å². The predicted octanol–water partition coefficient (Wildman–Crippen LogP) is 2.97. The van der Waals surface area contributed by atoms with Crippen LogP contribution in [0.25, 0.3) is 0 Å². The van der Waals surface area contributed by atoms with E-state index >= 15 is 0 Å². The van der Waals surface area contributed by atoms with E-state index in [0.29, 0.717) is 17.3 Å². The van der Waals surface area contributed by atoms with Gasteiger partial charge in [-0.3, -0.25) is 4.79 Å². The van der Waals surface area contributed by atoms with Crippen LogP contribution in [0.2, 0.25) is 5.02 Å². The molecule has 1 fully saturated rings. The number of hydrogen-bond donors (Lipinski definition) is 0. The number of benzene rings is 1. The molecule has 0 N–H and O–H groups in total. The molecule has 20 heavy (non-hydrogen) atoms. The van der Waals surface area contributed by atoms with Crippen LogP contribution in [0.1, 0.15) is 30.1 Å². The minimum Gasteiger partial charge on any atom is -0.339 e. The quantitative estimate of drug-likeness (QED) is 0.850. The summed E-state index contributed by atoms with van der Waals surface area (Å²) in [6, 6.07) is 4.77. The molecule has 1 aliphatic rings. The fourth-order valence-corrected chi connectivity index (χ4v) is 2.18. The van der Waals surface area contributed by atoms with Crippen molar-refractivity contribution in [1.29, 1.82) is 0 Å². The second-order valence-electron chi connectivity index (χ2n) is 4.91. The number of carbonyl (C=O) groups excluding carboxylic acids is 1. The van der Waals surface area contributed by atoms with Gasteiger partial charge >= 0.3 is 0 Å². The van der Waals surface area contributed by atoms with Crippen LogP contribution < -0.4 is 0 Å². The summed E-state index contributed by atoms with van der Waals surface area (Å²) in [5.41, 5.74) is 0.401. The molecule has 0 spiro atoms. The minimum absolute atomic E-state index is 0.0649. The molecule has 0 bridgehead atoms. The van der Waals surface area contributed by atoms with Crippen molar-refractivity contribution < 1.29 is 13.7 Å². The van der Waals surface area contributed by atoms with Crippen LogP contribution in [0.15, 0.2) is 22.7 Å². The van der Waals surface area contributed by atoms with Gasteiger partial charge in [-0.1, -0.05) is 28.9 Å². The molecule has 0 saturated heterocycles. The fourth-order valence-electron chi connectivity index (χ4n) is 1.99. The topological polar surface area (TPSA) is 56.0 Å². The van der Waals surface area contributed by atoms with E-state index in [9.17, 15) is 9.18 Å². The average Bonchev–Trinajstić information content (AvgIpc) is 3.18. The molecule has 0 unspecified atom stereocenters. The molecular weight excluding hydrogens is 283 g/mol. The zero-order valence-electron chi connectivity index (χ0n) is 10.6. The molecule has 0 atom stereocenters. The molecule has 2 aromatic rings. The molecule has 1 heterocycles. The van der Waals surface area contributed by atoms with Gasteiger partial charge in [-0.25, -0.2) is 4.39 Å². The van der Waals surface area contributed by atoms with Crippen molar-refractivity contribution in [3.63, 3.8) is 0 Å². The molecule has 6 heteroatoms. The standard InChI is InChI=1S/C14H12ClFN2O2/c15-10-3-1-2-9(14(10)16)6-12-17-13(20-18-12)7-11(19)8-4-5-8/h1-3,8H,4-7H2. The lowest BCUT2D eigenvalue weighted by Crippen LogP contribution is -2.05. The Bertz CT molecular complexity index is 652. The van der Waals surface area contributed by atoms with E-state index in [0.717, 1.165) is 12.8 Å². The SMILES string of the molecule is O=C(Cc1nc(Cc2cccc(Cl)c2F)no1)C1CC1. The highest BCUT2D eigenvalue weighted by Gasteiger charge is 2.30. The summed E-state index contributed by atoms with van der Waals surface area (Å²) in [7, 11) is 0. The third-order valence-corrected chi connectivity index (χ3v) is 3.54. The maximum absolute atomic E-state index is 13.7. The number of rotatable bonds is 5. The van der Waals surface area contributed by atoms with Crippen molar-refractivity contribution in [2.24, 2.45) is 5.92 Å². The van der Waals surface area contributed by atoms with Gasteiger partial charge in [0.15, 0.2) is 5.82 Å². The van der Waals surface area contributed by atoms with Crippen molar-refractivity contribution in [3.05, 3.63) is 46.3 Å². The van der Waals surface area contributed by atoms with Crippen LogP contribution in [0.4, 0.5) is 4.39 Å². The fraction of sp³-hybridized carbons (Fsp3) is 0.357. The summed E-state index contributed by atoms with van der Waals surface area (Å²) in [5.74, 6) is 0.462. The van der Waals surface area contributed by atoms with Crippen LogP contribution >= 0.6 is 11.6 Å². The summed E-state index contributed by atoms with van der Waals surface area (Å²) in [4.78, 5) is 15.8. The van der Waals surface area contributed by atoms with Crippen LogP contribution in [0.5, 0.6) is 0 Å². The Hall–Kier alpha value is -1.75. The molecule has 3 rings (SSSR count). The van der Waals surface area contributed by atoms with Crippen molar-refractivity contribution in [3.8, 4) is 0 Å². The summed E-state index contributed by atoms with van der Waals surface area (Å²) in [5, 5.41) is 3.83. The van der Waals surface area contributed by atoms with Crippen molar-refractivity contribution in [2.45, 2.75) is 25.7 Å². The molecule has 4 nitrogen and oxygen atoms in total. The summed E-state index contributed by atoms with van der Waals surface area (Å²) in [6.07, 6.45) is 2.25. The first-order chi connectivity index (χ1) is 9.63. The Labute approximate surface area is 119 Å². The first-order valence-electron chi connectivity index (χ1n) is 6.40. The third-order valence-electron chi connectivity index (χ3n) is 3.25. The number of halogens is 2. The number of aromatic nitrogens is 2. The second kappa shape index (κ2) is 5.32. The van der Waals surface area contributed by atoms with E-state index in [4.69, 9.17) is 16.1 Å². The number of Topliss-reactive ketones (excluding diaryl/α,β-unsaturated/α-hetero) is 1. The molecule has 1 aliphatic carbocycles. The lowest BCUT2D eigenvalue weighted by molar-refractivity contribution is -0.119. The Morgan fingerprint density at radius 2 is 2.25 bits per heavy atom. The summed E-state index contributed by atoms with van der Waals surface area (Å²) < 4.78 is 18.8. The van der Waals surface area contributed by atoms with Crippen molar-refractivity contribution in [1.82, 2.24) is 10.1 Å². The first kappa shape index (κ1) is 13.2. The van der Waals surface area contributed by atoms with Gasteiger partial charge in [0.2, 0.25) is 5.89 Å². The molecular formula is C14H12ClFN2O2. The highest BCUT2D eigenvalue weighted by atomic mass is 35.5. The summed E-state index contributed by atoms with van der Waals surface area (Å²) in [6.45, 7) is 0. The number of ketones is 1. The lowest BCUT2D eigenvalue weighted by Gasteiger charge is -2.00. The molecule has 0 radical (unpaired) electrons. The van der Waals surface area contributed by atoms with Gasteiger partial charge in [-0.15, -0.1) is 0 Å². The monoisotopic (exact) mass is 294 g/mol. The van der Waals surface area contributed by atoms with E-state index in [1.54, 1.807) is 12.1 Å². The minimum atomic E-state index is -0.477. The highest BCUT2D eigenvalue weighted by Crippen LogP contribution is 2.30. The Morgan fingerprint density at radius 1 is 1.45 bits per heavy atom. The smallest absolute Gasteiger partial charge is 0.234 e. The Morgan fingerprint density at radius 3 is 3.00 bits per heavy atom. The van der Waals surface area contributed by atoms with Crippen LogP contribution in [-0.4, -0.2) is 15.9 Å². The predicted molar refractivity (Wildman–Crippen MR) is 69.9 cm³/mol. The normalized spacial score (nSPS) is 14.5. The zero-order valence-corrected chi connectivity index (χ0v) is 11.4. The van der Waals surface area contributed by atoms with Gasteiger partial charge in [-0.05, 0) is 24.5 Å². The van der Waals surface area contributed by atoms with Crippen LogP contribution in [-0.2, 0) is 17.6 Å². The van der Waals surface area contributed by atoms with Gasteiger partial charge in [-0.2, -0.15) is 4.98 Å². The number of carbonyl (C=O) groups is 1. The lowest BCUT2D eigenvalue weighted by atomic mass is 10.1. The number of hydrogen-bond acceptors (Lipinski definition) is 4. The first-order valence-corrected chi connectivity index (χ1v) is 6.78. The Balaban J connectivity index is 1.70. The Kier molecular flexibility index (Phi) is 3.53. The maximum Gasteiger partial charge on any atom is 0.234 e. The van der Waals surface area contributed by atoms with Gasteiger partial charge in [0.25, 0.3) is 0 Å². The van der Waals surface area contributed by atoms with E-state index in [1.807, 2.05) is 0 Å². The van der Waals surface area contributed by atoms with Crippen LogP contribution in [0.3, 0.4) is 0 Å². The van der Waals surface area contributed by atoms with E-state index in [1.165, 1.54) is 6.07 Å². The van der Waals surface area contributed by atoms with Crippen molar-refractivity contribution >= 4 is 17.4 Å². The molecule has 1 aromatic heterocycles. The molecule has 0 amide bonds. The van der Waals surface area contributed by atoms with Gasteiger partial charge in [0.05, 0.1) is 11.4 Å². The molecule has 1 saturated carbocycles. The van der Waals surface area contributed by atoms with E-state index in [2.05, 4.69) is 10.1 Å². The highest BCUT2D eigenvalue weighted by molar-refractivity contribution is 6.30. The zero-order chi connectivity index (χ0) is 14.1.